The summed E-state index contributed by atoms with van der Waals surface area (Å²) in [5.74, 6) is -0.947. The quantitative estimate of drug-likeness (QED) is 0.593. The fourth-order valence-electron chi connectivity index (χ4n) is 3.43. The molecule has 0 saturated carbocycles. The number of carbonyl (C=O) groups excluding carboxylic acids is 3. The Hall–Kier alpha value is -3.35. The zero-order valence-corrected chi connectivity index (χ0v) is 18.2. The van der Waals surface area contributed by atoms with Crippen molar-refractivity contribution in [2.45, 2.75) is 58.7 Å². The van der Waals surface area contributed by atoms with Crippen molar-refractivity contribution in [3.05, 3.63) is 64.7 Å². The summed E-state index contributed by atoms with van der Waals surface area (Å²) in [6.07, 6.45) is 2.32. The average Bonchev–Trinajstić information content (AvgIpc) is 3.20. The van der Waals surface area contributed by atoms with E-state index >= 15 is 0 Å². The highest BCUT2D eigenvalue weighted by Crippen LogP contribution is 2.25. The molecule has 7 nitrogen and oxygen atoms in total. The Morgan fingerprint density at radius 3 is 2.39 bits per heavy atom. The van der Waals surface area contributed by atoms with Gasteiger partial charge < -0.3 is 20.7 Å². The smallest absolute Gasteiger partial charge is 0.338 e. The number of aryl methyl sites for hydroxylation is 2. The van der Waals surface area contributed by atoms with Gasteiger partial charge in [-0.05, 0) is 81.0 Å². The van der Waals surface area contributed by atoms with Crippen LogP contribution in [-0.4, -0.2) is 30.1 Å². The molecule has 2 aromatic carbocycles. The number of nitrogens with one attached hydrogen (secondary N) is 3. The molecule has 1 aliphatic carbocycles. The number of hydrogen-bond donors (Lipinski definition) is 3. The second kappa shape index (κ2) is 10.1. The normalized spacial score (nSPS) is 13.3. The molecule has 0 fully saturated rings. The number of hydrogen-bond acceptors (Lipinski definition) is 4. The first-order chi connectivity index (χ1) is 14.8. The van der Waals surface area contributed by atoms with Gasteiger partial charge in [-0.1, -0.05) is 18.2 Å². The average molecular weight is 424 g/mol. The third-order valence-corrected chi connectivity index (χ3v) is 5.08. The van der Waals surface area contributed by atoms with Crippen molar-refractivity contribution in [1.29, 1.82) is 0 Å². The molecule has 0 aromatic heterocycles. The van der Waals surface area contributed by atoms with Crippen LogP contribution in [0.1, 0.15) is 54.2 Å². The lowest BCUT2D eigenvalue weighted by atomic mass is 10.1. The number of benzene rings is 2. The summed E-state index contributed by atoms with van der Waals surface area (Å²) in [5.41, 5.74) is 4.49. The Kier molecular flexibility index (Phi) is 7.28. The molecule has 0 aliphatic heterocycles. The number of rotatable bonds is 7. The van der Waals surface area contributed by atoms with Gasteiger partial charge in [-0.15, -0.1) is 0 Å². The van der Waals surface area contributed by atoms with Crippen LogP contribution in [0, 0.1) is 0 Å². The van der Waals surface area contributed by atoms with Gasteiger partial charge in [0.15, 0.2) is 6.10 Å². The van der Waals surface area contributed by atoms with Crippen LogP contribution in [0.15, 0.2) is 42.5 Å². The van der Waals surface area contributed by atoms with Gasteiger partial charge in [-0.3, -0.25) is 4.79 Å². The maximum atomic E-state index is 12.4. The van der Waals surface area contributed by atoms with Crippen LogP contribution in [0.4, 0.5) is 10.5 Å². The van der Waals surface area contributed by atoms with E-state index in [9.17, 15) is 14.4 Å². The van der Waals surface area contributed by atoms with Crippen LogP contribution < -0.4 is 16.0 Å². The number of anilines is 1. The lowest BCUT2D eigenvalue weighted by Crippen LogP contribution is -2.39. The minimum Gasteiger partial charge on any atom is -0.449 e. The van der Waals surface area contributed by atoms with Gasteiger partial charge in [0.05, 0.1) is 5.56 Å². The monoisotopic (exact) mass is 423 g/mol. The number of fused-ring (bicyclic) bond motifs is 1. The molecule has 0 unspecified atom stereocenters. The molecule has 3 rings (SSSR count). The number of amides is 3. The molecule has 0 saturated heterocycles. The van der Waals surface area contributed by atoms with Crippen molar-refractivity contribution in [2.75, 3.05) is 5.32 Å². The Balaban J connectivity index is 1.49. The molecule has 31 heavy (non-hydrogen) atoms. The zero-order chi connectivity index (χ0) is 22.4. The fraction of sp³-hybridized carbons (Fsp3) is 0.375. The molecular weight excluding hydrogens is 394 g/mol. The van der Waals surface area contributed by atoms with Crippen LogP contribution in [-0.2, 0) is 28.9 Å². The SMILES string of the molecule is CC(C)NC(=O)NCc1ccc(C(=O)O[C@@H](C)C(=O)Nc2ccc3c(c2)CCC3)cc1. The van der Waals surface area contributed by atoms with E-state index < -0.39 is 12.1 Å². The Morgan fingerprint density at radius 1 is 0.968 bits per heavy atom. The summed E-state index contributed by atoms with van der Waals surface area (Å²) in [4.78, 5) is 36.4. The Bertz CT molecular complexity index is 954. The van der Waals surface area contributed by atoms with Crippen LogP contribution in [0.2, 0.25) is 0 Å². The lowest BCUT2D eigenvalue weighted by Gasteiger charge is -2.14. The van der Waals surface area contributed by atoms with Crippen molar-refractivity contribution < 1.29 is 19.1 Å². The number of ether oxygens (including phenoxy) is 1. The minimum atomic E-state index is -0.929. The van der Waals surface area contributed by atoms with Crippen LogP contribution >= 0.6 is 0 Å². The van der Waals surface area contributed by atoms with Gasteiger partial charge in [-0.2, -0.15) is 0 Å². The highest BCUT2D eigenvalue weighted by atomic mass is 16.5. The Morgan fingerprint density at radius 2 is 1.68 bits per heavy atom. The third kappa shape index (κ3) is 6.31. The fourth-order valence-corrected chi connectivity index (χ4v) is 3.43. The molecule has 3 N–H and O–H groups in total. The third-order valence-electron chi connectivity index (χ3n) is 5.08. The molecule has 3 amide bonds. The Labute approximate surface area is 182 Å². The standard InChI is InChI=1S/C24H29N3O4/c1-15(2)26-24(30)25-14-17-7-9-19(10-8-17)23(29)31-16(3)22(28)27-21-12-11-18-5-4-6-20(18)13-21/h7-13,15-16H,4-6,14H2,1-3H3,(H,27,28)(H2,25,26,30)/t16-/m0/s1. The maximum Gasteiger partial charge on any atom is 0.338 e. The van der Waals surface area contributed by atoms with Gasteiger partial charge in [0.25, 0.3) is 5.91 Å². The topological polar surface area (TPSA) is 96.5 Å². The van der Waals surface area contributed by atoms with Crippen molar-refractivity contribution in [3.8, 4) is 0 Å². The summed E-state index contributed by atoms with van der Waals surface area (Å²) in [6, 6.07) is 12.4. The summed E-state index contributed by atoms with van der Waals surface area (Å²) in [5, 5.41) is 8.30. The van der Waals surface area contributed by atoms with E-state index in [2.05, 4.69) is 16.0 Å². The van der Waals surface area contributed by atoms with E-state index in [1.807, 2.05) is 32.0 Å². The number of carbonyl (C=O) groups is 3. The van der Waals surface area contributed by atoms with Crippen molar-refractivity contribution in [1.82, 2.24) is 10.6 Å². The molecular formula is C24H29N3O4. The molecule has 7 heteroatoms. The predicted octanol–water partition coefficient (Wildman–Crippen LogP) is 3.57. The second-order valence-electron chi connectivity index (χ2n) is 8.05. The molecule has 1 aliphatic rings. The molecule has 0 spiro atoms. The predicted molar refractivity (Wildman–Crippen MR) is 119 cm³/mol. The van der Waals surface area contributed by atoms with E-state index in [-0.39, 0.29) is 18.0 Å². The summed E-state index contributed by atoms with van der Waals surface area (Å²) >= 11 is 0. The molecule has 0 bridgehead atoms. The van der Waals surface area contributed by atoms with Gasteiger partial charge in [0, 0.05) is 18.3 Å². The van der Waals surface area contributed by atoms with E-state index in [1.54, 1.807) is 31.2 Å². The van der Waals surface area contributed by atoms with E-state index in [0.29, 0.717) is 17.8 Å². The molecule has 164 valence electrons. The van der Waals surface area contributed by atoms with Crippen molar-refractivity contribution in [3.63, 3.8) is 0 Å². The highest BCUT2D eigenvalue weighted by molar-refractivity contribution is 5.97. The van der Waals surface area contributed by atoms with Crippen LogP contribution in [0.25, 0.3) is 0 Å². The molecule has 2 aromatic rings. The van der Waals surface area contributed by atoms with Gasteiger partial charge in [-0.25, -0.2) is 9.59 Å². The van der Waals surface area contributed by atoms with Gasteiger partial charge in [0.1, 0.15) is 0 Å². The van der Waals surface area contributed by atoms with E-state index in [1.165, 1.54) is 11.1 Å². The van der Waals surface area contributed by atoms with Gasteiger partial charge >= 0.3 is 12.0 Å². The summed E-state index contributed by atoms with van der Waals surface area (Å²) in [7, 11) is 0. The lowest BCUT2D eigenvalue weighted by molar-refractivity contribution is -0.123. The molecule has 0 heterocycles. The van der Waals surface area contributed by atoms with Crippen molar-refractivity contribution >= 4 is 23.6 Å². The minimum absolute atomic E-state index is 0.0547. The van der Waals surface area contributed by atoms with Gasteiger partial charge in [0.2, 0.25) is 0 Å². The number of urea groups is 1. The first kappa shape index (κ1) is 22.3. The summed E-state index contributed by atoms with van der Waals surface area (Å²) < 4.78 is 5.31. The van der Waals surface area contributed by atoms with Crippen molar-refractivity contribution in [2.24, 2.45) is 0 Å². The zero-order valence-electron chi connectivity index (χ0n) is 18.2. The van der Waals surface area contributed by atoms with Crippen LogP contribution in [0.3, 0.4) is 0 Å². The van der Waals surface area contributed by atoms with E-state index in [0.717, 1.165) is 24.8 Å². The molecule has 1 atom stereocenters. The first-order valence-corrected chi connectivity index (χ1v) is 10.6. The second-order valence-corrected chi connectivity index (χ2v) is 8.05. The highest BCUT2D eigenvalue weighted by Gasteiger charge is 2.20. The van der Waals surface area contributed by atoms with E-state index in [4.69, 9.17) is 4.74 Å². The number of esters is 1. The summed E-state index contributed by atoms with van der Waals surface area (Å²) in [6.45, 7) is 5.65. The first-order valence-electron chi connectivity index (χ1n) is 10.6. The molecule has 0 radical (unpaired) electrons. The largest absolute Gasteiger partial charge is 0.449 e. The van der Waals surface area contributed by atoms with Crippen LogP contribution in [0.5, 0.6) is 0 Å². The maximum absolute atomic E-state index is 12.4.